The highest BCUT2D eigenvalue weighted by atomic mass is 35.5. The van der Waals surface area contributed by atoms with E-state index in [1.54, 1.807) is 17.0 Å². The topological polar surface area (TPSA) is 57.6 Å². The van der Waals surface area contributed by atoms with Gasteiger partial charge in [-0.2, -0.15) is 0 Å². The molecule has 0 radical (unpaired) electrons. The maximum absolute atomic E-state index is 13.4. The first-order valence-corrected chi connectivity index (χ1v) is 9.23. The molecular weight excluding hydrogens is 369 g/mol. The van der Waals surface area contributed by atoms with Crippen molar-refractivity contribution in [2.45, 2.75) is 45.2 Å². The van der Waals surface area contributed by atoms with Gasteiger partial charge in [0.25, 0.3) is 5.91 Å². The molecule has 142 valence electrons. The molecule has 0 spiro atoms. The fraction of sp³-hybridized carbons (Fsp3) is 0.333. The van der Waals surface area contributed by atoms with E-state index < -0.39 is 11.8 Å². The fourth-order valence-electron chi connectivity index (χ4n) is 3.84. The summed E-state index contributed by atoms with van der Waals surface area (Å²) in [4.78, 5) is 26.3. The number of nitrogens with zero attached hydrogens (tertiary/aromatic N) is 1. The van der Waals surface area contributed by atoms with E-state index >= 15 is 0 Å². The van der Waals surface area contributed by atoms with Gasteiger partial charge >= 0.3 is 5.97 Å². The zero-order valence-electron chi connectivity index (χ0n) is 15.4. The number of amides is 1. The summed E-state index contributed by atoms with van der Waals surface area (Å²) in [5, 5.41) is 9.40. The van der Waals surface area contributed by atoms with E-state index in [-0.39, 0.29) is 40.1 Å². The summed E-state index contributed by atoms with van der Waals surface area (Å²) in [7, 11) is 0. The maximum atomic E-state index is 13.4. The van der Waals surface area contributed by atoms with Crippen molar-refractivity contribution in [2.75, 3.05) is 0 Å². The van der Waals surface area contributed by atoms with Gasteiger partial charge in [-0.05, 0) is 67.6 Å². The third-order valence-electron chi connectivity index (χ3n) is 5.09. The lowest BCUT2D eigenvalue weighted by atomic mass is 10.0. The van der Waals surface area contributed by atoms with Crippen LogP contribution < -0.4 is 0 Å². The average molecular weight is 390 g/mol. The van der Waals surface area contributed by atoms with Crippen molar-refractivity contribution >= 4 is 23.5 Å². The number of carboxylic acids is 1. The molecule has 0 saturated heterocycles. The zero-order chi connectivity index (χ0) is 19.9. The molecule has 0 bridgehead atoms. The van der Waals surface area contributed by atoms with Crippen LogP contribution in [-0.4, -0.2) is 27.9 Å². The lowest BCUT2D eigenvalue weighted by Crippen LogP contribution is -2.39. The molecular formula is C21H21ClFNO3. The number of halogens is 2. The van der Waals surface area contributed by atoms with Gasteiger partial charge in [0, 0.05) is 6.04 Å². The van der Waals surface area contributed by atoms with Crippen LogP contribution in [0.25, 0.3) is 0 Å². The SMILES string of the molecule is CC(C)N(C(=O)c1ccc(F)cc1Cl)C1C[C@@H](C)c2ccc(C(=O)O)cc21. The van der Waals surface area contributed by atoms with Gasteiger partial charge in [0.2, 0.25) is 0 Å². The van der Waals surface area contributed by atoms with Crippen molar-refractivity contribution < 1.29 is 19.1 Å². The first kappa shape index (κ1) is 19.4. The van der Waals surface area contributed by atoms with Crippen LogP contribution in [0.15, 0.2) is 36.4 Å². The number of carbonyl (C=O) groups is 2. The Morgan fingerprint density at radius 3 is 2.48 bits per heavy atom. The van der Waals surface area contributed by atoms with Crippen molar-refractivity contribution in [2.24, 2.45) is 0 Å². The Kier molecular flexibility index (Phi) is 5.24. The second kappa shape index (κ2) is 7.31. The van der Waals surface area contributed by atoms with Crippen molar-refractivity contribution in [3.8, 4) is 0 Å². The summed E-state index contributed by atoms with van der Waals surface area (Å²) in [6, 6.07) is 8.41. The highest BCUT2D eigenvalue weighted by Crippen LogP contribution is 2.45. The molecule has 0 saturated carbocycles. The molecule has 1 unspecified atom stereocenters. The number of hydrogen-bond acceptors (Lipinski definition) is 2. The molecule has 1 aliphatic carbocycles. The molecule has 0 aromatic heterocycles. The lowest BCUT2D eigenvalue weighted by molar-refractivity contribution is 0.0602. The molecule has 4 nitrogen and oxygen atoms in total. The van der Waals surface area contributed by atoms with Crippen LogP contribution in [-0.2, 0) is 0 Å². The lowest BCUT2D eigenvalue weighted by Gasteiger charge is -2.34. The van der Waals surface area contributed by atoms with Crippen molar-refractivity contribution in [3.05, 3.63) is 69.5 Å². The Morgan fingerprint density at radius 2 is 1.89 bits per heavy atom. The van der Waals surface area contributed by atoms with Crippen molar-refractivity contribution in [1.82, 2.24) is 4.90 Å². The number of aromatic carboxylic acids is 1. The quantitative estimate of drug-likeness (QED) is 0.774. The molecule has 6 heteroatoms. The highest BCUT2D eigenvalue weighted by Gasteiger charge is 2.37. The normalized spacial score (nSPS) is 18.4. The van der Waals surface area contributed by atoms with Gasteiger partial charge in [0.05, 0.1) is 22.2 Å². The van der Waals surface area contributed by atoms with Gasteiger partial charge < -0.3 is 10.0 Å². The van der Waals surface area contributed by atoms with Crippen LogP contribution >= 0.6 is 11.6 Å². The summed E-state index contributed by atoms with van der Waals surface area (Å²) < 4.78 is 13.4. The Bertz CT molecular complexity index is 912. The number of carbonyl (C=O) groups excluding carboxylic acids is 1. The molecule has 0 heterocycles. The van der Waals surface area contributed by atoms with E-state index in [9.17, 15) is 19.1 Å². The van der Waals surface area contributed by atoms with E-state index in [1.807, 2.05) is 19.9 Å². The van der Waals surface area contributed by atoms with Gasteiger partial charge in [-0.3, -0.25) is 4.79 Å². The first-order valence-electron chi connectivity index (χ1n) is 8.85. The summed E-state index contributed by atoms with van der Waals surface area (Å²) in [6.07, 6.45) is 0.696. The molecule has 2 atom stereocenters. The molecule has 1 N–H and O–H groups in total. The smallest absolute Gasteiger partial charge is 0.335 e. The molecule has 0 aliphatic heterocycles. The molecule has 27 heavy (non-hydrogen) atoms. The minimum Gasteiger partial charge on any atom is -0.478 e. The molecule has 1 aliphatic rings. The summed E-state index contributed by atoms with van der Waals surface area (Å²) in [6.45, 7) is 5.87. The van der Waals surface area contributed by atoms with Gasteiger partial charge in [0.15, 0.2) is 0 Å². The van der Waals surface area contributed by atoms with Crippen molar-refractivity contribution in [3.63, 3.8) is 0 Å². The number of fused-ring (bicyclic) bond motifs is 1. The molecule has 1 amide bonds. The standard InChI is InChI=1S/C21H21ClFNO3/c1-11(2)24(20(25)16-7-5-14(23)10-18(16)22)19-8-12(3)15-6-4-13(21(26)27)9-17(15)19/h4-7,9-12,19H,8H2,1-3H3,(H,26,27)/t12-,19?/m1/s1. The Labute approximate surface area is 162 Å². The van der Waals surface area contributed by atoms with E-state index in [4.69, 9.17) is 11.6 Å². The number of hydrogen-bond donors (Lipinski definition) is 1. The monoisotopic (exact) mass is 389 g/mol. The third kappa shape index (κ3) is 3.56. The maximum Gasteiger partial charge on any atom is 0.335 e. The predicted molar refractivity (Wildman–Crippen MR) is 102 cm³/mol. The number of carboxylic acid groups (broad SMARTS) is 1. The van der Waals surface area contributed by atoms with Crippen molar-refractivity contribution in [1.29, 1.82) is 0 Å². The van der Waals surface area contributed by atoms with Gasteiger partial charge in [-0.25, -0.2) is 9.18 Å². The molecule has 2 aromatic carbocycles. The predicted octanol–water partition coefficient (Wildman–Crippen LogP) is 5.28. The Morgan fingerprint density at radius 1 is 1.19 bits per heavy atom. The molecule has 0 fully saturated rings. The third-order valence-corrected chi connectivity index (χ3v) is 5.40. The summed E-state index contributed by atoms with van der Waals surface area (Å²) in [5.41, 5.74) is 2.34. The Hall–Kier alpha value is -2.40. The van der Waals surface area contributed by atoms with E-state index in [0.29, 0.717) is 6.42 Å². The zero-order valence-corrected chi connectivity index (χ0v) is 16.1. The highest BCUT2D eigenvalue weighted by molar-refractivity contribution is 6.33. The average Bonchev–Trinajstić information content (AvgIpc) is 2.90. The van der Waals surface area contributed by atoms with Crippen LogP contribution in [0.2, 0.25) is 5.02 Å². The second-order valence-corrected chi connectivity index (χ2v) is 7.64. The molecule has 3 rings (SSSR count). The minimum atomic E-state index is -1.000. The second-order valence-electron chi connectivity index (χ2n) is 7.23. The van der Waals surface area contributed by atoms with E-state index in [2.05, 4.69) is 6.92 Å². The molecule has 2 aromatic rings. The number of benzene rings is 2. The van der Waals surface area contributed by atoms with E-state index in [0.717, 1.165) is 17.2 Å². The van der Waals surface area contributed by atoms with Crippen LogP contribution in [0.4, 0.5) is 4.39 Å². The van der Waals surface area contributed by atoms with Crippen LogP contribution in [0.1, 0.15) is 71.0 Å². The van der Waals surface area contributed by atoms with E-state index in [1.165, 1.54) is 12.1 Å². The number of rotatable bonds is 4. The summed E-state index contributed by atoms with van der Waals surface area (Å²) in [5.74, 6) is -1.59. The minimum absolute atomic E-state index is 0.0659. The van der Waals surface area contributed by atoms with Crippen LogP contribution in [0, 0.1) is 5.82 Å². The fourth-order valence-corrected chi connectivity index (χ4v) is 4.08. The van der Waals surface area contributed by atoms with Crippen LogP contribution in [0.5, 0.6) is 0 Å². The van der Waals surface area contributed by atoms with Gasteiger partial charge in [-0.1, -0.05) is 24.6 Å². The van der Waals surface area contributed by atoms with Gasteiger partial charge in [-0.15, -0.1) is 0 Å². The van der Waals surface area contributed by atoms with Gasteiger partial charge in [0.1, 0.15) is 5.82 Å². The van der Waals surface area contributed by atoms with Crippen LogP contribution in [0.3, 0.4) is 0 Å². The summed E-state index contributed by atoms with van der Waals surface area (Å²) >= 11 is 6.11. The first-order chi connectivity index (χ1) is 12.7. The Balaban J connectivity index is 2.06. The largest absolute Gasteiger partial charge is 0.478 e.